The first kappa shape index (κ1) is 13.1. The lowest BCUT2D eigenvalue weighted by atomic mass is 10.1. The normalized spacial score (nSPS) is 11.3. The average Bonchev–Trinajstić information content (AvgIpc) is 2.14. The van der Waals surface area contributed by atoms with Gasteiger partial charge in [-0.05, 0) is 12.1 Å². The van der Waals surface area contributed by atoms with Gasteiger partial charge in [0.1, 0.15) is 12.4 Å². The number of amides is 1. The minimum Gasteiger partial charge on any atom is -0.398 e. The summed E-state index contributed by atoms with van der Waals surface area (Å²) in [6, 6.07) is 1.58. The molecule has 0 aliphatic rings. The number of nitrogens with one attached hydrogen (secondary N) is 1. The SMILES string of the molecule is NC(=O)c1cc(NCC(F)(F)F)c(F)cc1N. The zero-order valence-corrected chi connectivity index (χ0v) is 8.44. The Bertz CT molecular complexity index is 445. The van der Waals surface area contributed by atoms with Crippen molar-refractivity contribution in [3.63, 3.8) is 0 Å². The van der Waals surface area contributed by atoms with Crippen molar-refractivity contribution in [2.24, 2.45) is 5.73 Å². The second kappa shape index (κ2) is 4.48. The van der Waals surface area contributed by atoms with Crippen LogP contribution in [-0.4, -0.2) is 18.6 Å². The molecule has 0 saturated heterocycles. The number of carbonyl (C=O) groups is 1. The highest BCUT2D eigenvalue weighted by Gasteiger charge is 2.27. The fraction of sp³-hybridized carbons (Fsp3) is 0.222. The highest BCUT2D eigenvalue weighted by molar-refractivity contribution is 5.99. The summed E-state index contributed by atoms with van der Waals surface area (Å²) in [4.78, 5) is 10.9. The van der Waals surface area contributed by atoms with Gasteiger partial charge in [0.2, 0.25) is 0 Å². The van der Waals surface area contributed by atoms with Crippen LogP contribution in [0.2, 0.25) is 0 Å². The highest BCUT2D eigenvalue weighted by Crippen LogP contribution is 2.23. The molecule has 0 aromatic heterocycles. The number of nitrogen functional groups attached to an aromatic ring is 1. The summed E-state index contributed by atoms with van der Waals surface area (Å²) in [6.45, 7) is -1.42. The zero-order valence-electron chi connectivity index (χ0n) is 8.44. The summed E-state index contributed by atoms with van der Waals surface area (Å²) in [6.07, 6.45) is -4.50. The van der Waals surface area contributed by atoms with Gasteiger partial charge in [-0.2, -0.15) is 13.2 Å². The van der Waals surface area contributed by atoms with Crippen LogP contribution in [-0.2, 0) is 0 Å². The summed E-state index contributed by atoms with van der Waals surface area (Å²) in [5, 5.41) is 1.81. The summed E-state index contributed by atoms with van der Waals surface area (Å²) >= 11 is 0. The number of nitrogens with two attached hydrogens (primary N) is 2. The fourth-order valence-electron chi connectivity index (χ4n) is 1.13. The number of alkyl halides is 3. The van der Waals surface area contributed by atoms with Gasteiger partial charge in [0, 0.05) is 5.69 Å². The maximum atomic E-state index is 13.2. The van der Waals surface area contributed by atoms with Gasteiger partial charge in [0.15, 0.2) is 0 Å². The number of benzene rings is 1. The third kappa shape index (κ3) is 3.51. The lowest BCUT2D eigenvalue weighted by molar-refractivity contribution is -0.115. The predicted octanol–water partition coefficient (Wildman–Crippen LogP) is 1.48. The van der Waals surface area contributed by atoms with Crippen molar-refractivity contribution in [3.05, 3.63) is 23.5 Å². The van der Waals surface area contributed by atoms with Crippen LogP contribution in [0.3, 0.4) is 0 Å². The third-order valence-electron chi connectivity index (χ3n) is 1.88. The molecule has 0 fully saturated rings. The molecular formula is C9H9F4N3O. The predicted molar refractivity (Wildman–Crippen MR) is 53.9 cm³/mol. The second-order valence-corrected chi connectivity index (χ2v) is 3.25. The molecule has 0 bridgehead atoms. The van der Waals surface area contributed by atoms with Crippen molar-refractivity contribution >= 4 is 17.3 Å². The highest BCUT2D eigenvalue weighted by atomic mass is 19.4. The van der Waals surface area contributed by atoms with Gasteiger partial charge in [-0.25, -0.2) is 4.39 Å². The van der Waals surface area contributed by atoms with E-state index in [2.05, 4.69) is 0 Å². The molecule has 4 nitrogen and oxygen atoms in total. The van der Waals surface area contributed by atoms with E-state index in [-0.39, 0.29) is 11.3 Å². The number of carbonyl (C=O) groups excluding carboxylic acids is 1. The Labute approximate surface area is 93.6 Å². The van der Waals surface area contributed by atoms with E-state index in [4.69, 9.17) is 11.5 Å². The second-order valence-electron chi connectivity index (χ2n) is 3.25. The first-order valence-corrected chi connectivity index (χ1v) is 4.40. The Morgan fingerprint density at radius 2 is 1.94 bits per heavy atom. The van der Waals surface area contributed by atoms with Crippen molar-refractivity contribution in [3.8, 4) is 0 Å². The van der Waals surface area contributed by atoms with Crippen LogP contribution >= 0.6 is 0 Å². The molecule has 5 N–H and O–H groups in total. The number of hydrogen-bond donors (Lipinski definition) is 3. The van der Waals surface area contributed by atoms with E-state index >= 15 is 0 Å². The van der Waals surface area contributed by atoms with E-state index in [0.717, 1.165) is 12.1 Å². The Kier molecular flexibility index (Phi) is 3.45. The monoisotopic (exact) mass is 251 g/mol. The number of rotatable bonds is 3. The van der Waals surface area contributed by atoms with Crippen LogP contribution < -0.4 is 16.8 Å². The molecule has 0 radical (unpaired) electrons. The van der Waals surface area contributed by atoms with Gasteiger partial charge in [0.05, 0.1) is 11.3 Å². The molecule has 1 rings (SSSR count). The van der Waals surface area contributed by atoms with Gasteiger partial charge in [-0.1, -0.05) is 0 Å². The largest absolute Gasteiger partial charge is 0.405 e. The first-order valence-electron chi connectivity index (χ1n) is 4.40. The number of anilines is 2. The minimum absolute atomic E-state index is 0.229. The van der Waals surface area contributed by atoms with Crippen molar-refractivity contribution in [2.75, 3.05) is 17.6 Å². The van der Waals surface area contributed by atoms with Crippen molar-refractivity contribution in [1.29, 1.82) is 0 Å². The van der Waals surface area contributed by atoms with E-state index in [1.807, 2.05) is 5.32 Å². The molecule has 1 aromatic rings. The molecule has 0 unspecified atom stereocenters. The summed E-state index contributed by atoms with van der Waals surface area (Å²) < 4.78 is 48.9. The number of primary amides is 1. The molecule has 94 valence electrons. The molecular weight excluding hydrogens is 242 g/mol. The van der Waals surface area contributed by atoms with Crippen LogP contribution in [0, 0.1) is 5.82 Å². The minimum atomic E-state index is -4.50. The first-order chi connectivity index (χ1) is 7.70. The molecule has 1 amide bonds. The Morgan fingerprint density at radius 3 is 2.41 bits per heavy atom. The molecule has 0 atom stereocenters. The van der Waals surface area contributed by atoms with E-state index in [1.54, 1.807) is 0 Å². The third-order valence-corrected chi connectivity index (χ3v) is 1.88. The maximum absolute atomic E-state index is 13.2. The molecule has 0 aliphatic carbocycles. The maximum Gasteiger partial charge on any atom is 0.405 e. The van der Waals surface area contributed by atoms with Gasteiger partial charge in [-0.3, -0.25) is 4.79 Å². The summed E-state index contributed by atoms with van der Waals surface area (Å²) in [5.41, 5.74) is 9.26. The van der Waals surface area contributed by atoms with E-state index in [0.29, 0.717) is 0 Å². The van der Waals surface area contributed by atoms with Crippen LogP contribution in [0.15, 0.2) is 12.1 Å². The van der Waals surface area contributed by atoms with Crippen LogP contribution in [0.5, 0.6) is 0 Å². The Morgan fingerprint density at radius 1 is 1.35 bits per heavy atom. The standard InChI is InChI=1S/C9H9F4N3O/c10-5-2-6(14)4(8(15)17)1-7(5)16-3-9(11,12)13/h1-2,16H,3,14H2,(H2,15,17). The summed E-state index contributed by atoms with van der Waals surface area (Å²) in [7, 11) is 0. The van der Waals surface area contributed by atoms with Crippen molar-refractivity contribution < 1.29 is 22.4 Å². The average molecular weight is 251 g/mol. The Balaban J connectivity index is 3.00. The smallest absolute Gasteiger partial charge is 0.398 e. The number of halogens is 4. The Hall–Kier alpha value is -1.99. The van der Waals surface area contributed by atoms with Crippen molar-refractivity contribution in [1.82, 2.24) is 0 Å². The van der Waals surface area contributed by atoms with Crippen LogP contribution in [0.4, 0.5) is 28.9 Å². The topological polar surface area (TPSA) is 81.1 Å². The molecule has 17 heavy (non-hydrogen) atoms. The molecule has 0 spiro atoms. The molecule has 0 saturated carbocycles. The number of hydrogen-bond acceptors (Lipinski definition) is 3. The van der Waals surface area contributed by atoms with E-state index in [1.165, 1.54) is 0 Å². The van der Waals surface area contributed by atoms with E-state index < -0.39 is 30.1 Å². The van der Waals surface area contributed by atoms with Gasteiger partial charge < -0.3 is 16.8 Å². The van der Waals surface area contributed by atoms with Crippen molar-refractivity contribution in [2.45, 2.75) is 6.18 Å². The van der Waals surface area contributed by atoms with Gasteiger partial charge >= 0.3 is 6.18 Å². The van der Waals surface area contributed by atoms with Crippen LogP contribution in [0.25, 0.3) is 0 Å². The molecule has 0 heterocycles. The van der Waals surface area contributed by atoms with Gasteiger partial charge in [0.25, 0.3) is 5.91 Å². The lowest BCUT2D eigenvalue weighted by Gasteiger charge is -2.12. The zero-order chi connectivity index (χ0) is 13.2. The fourth-order valence-corrected chi connectivity index (χ4v) is 1.13. The quantitative estimate of drug-likeness (QED) is 0.562. The molecule has 8 heteroatoms. The summed E-state index contributed by atoms with van der Waals surface area (Å²) in [5.74, 6) is -1.94. The molecule has 0 aliphatic heterocycles. The van der Waals surface area contributed by atoms with E-state index in [9.17, 15) is 22.4 Å². The lowest BCUT2D eigenvalue weighted by Crippen LogP contribution is -2.22. The molecule has 1 aromatic carbocycles. The van der Waals surface area contributed by atoms with Crippen LogP contribution in [0.1, 0.15) is 10.4 Å². The van der Waals surface area contributed by atoms with Gasteiger partial charge in [-0.15, -0.1) is 0 Å².